The van der Waals surface area contributed by atoms with Gasteiger partial charge in [-0.3, -0.25) is 0 Å². The highest BCUT2D eigenvalue weighted by Crippen LogP contribution is 2.29. The molecule has 1 unspecified atom stereocenters. The summed E-state index contributed by atoms with van der Waals surface area (Å²) in [4.78, 5) is 4.36. The smallest absolute Gasteiger partial charge is 0.0951 e. The van der Waals surface area contributed by atoms with Gasteiger partial charge in [0, 0.05) is 18.3 Å². The molecule has 2 N–H and O–H groups in total. The van der Waals surface area contributed by atoms with Gasteiger partial charge in [0.2, 0.25) is 0 Å². The van der Waals surface area contributed by atoms with E-state index in [0.29, 0.717) is 12.0 Å². The van der Waals surface area contributed by atoms with Crippen LogP contribution in [0.5, 0.6) is 0 Å². The van der Waals surface area contributed by atoms with E-state index < -0.39 is 0 Å². The summed E-state index contributed by atoms with van der Waals surface area (Å²) in [7, 11) is 0. The third-order valence-electron chi connectivity index (χ3n) is 4.27. The Bertz CT molecular complexity index is 362. The zero-order valence-electron chi connectivity index (χ0n) is 12.5. The highest BCUT2D eigenvalue weighted by atomic mass is 15.1. The van der Waals surface area contributed by atoms with E-state index in [9.17, 15) is 0 Å². The third-order valence-corrected chi connectivity index (χ3v) is 4.27. The van der Waals surface area contributed by atoms with E-state index in [1.165, 1.54) is 50.6 Å². The van der Waals surface area contributed by atoms with E-state index in [0.717, 1.165) is 6.42 Å². The molecular weight excluding hydrogens is 234 g/mol. The second kappa shape index (κ2) is 7.09. The van der Waals surface area contributed by atoms with Gasteiger partial charge in [-0.25, -0.2) is 4.98 Å². The van der Waals surface area contributed by atoms with Gasteiger partial charge < -0.3 is 10.3 Å². The van der Waals surface area contributed by atoms with Gasteiger partial charge >= 0.3 is 0 Å². The molecule has 3 nitrogen and oxygen atoms in total. The molecule has 2 rings (SSSR count). The molecule has 1 atom stereocenters. The molecule has 1 fully saturated rings. The SMILES string of the molecule is CC(C)CC(N)c1cncn1C1CCCCCCC1. The number of hydrogen-bond acceptors (Lipinski definition) is 2. The molecule has 0 radical (unpaired) electrons. The number of nitrogens with two attached hydrogens (primary N) is 1. The van der Waals surface area contributed by atoms with Crippen LogP contribution in [0, 0.1) is 5.92 Å². The van der Waals surface area contributed by atoms with Gasteiger partial charge in [-0.2, -0.15) is 0 Å². The molecule has 19 heavy (non-hydrogen) atoms. The molecule has 1 aromatic heterocycles. The van der Waals surface area contributed by atoms with E-state index in [2.05, 4.69) is 23.4 Å². The Kier molecular flexibility index (Phi) is 5.44. The normalized spacial score (nSPS) is 20.2. The molecule has 1 aromatic rings. The van der Waals surface area contributed by atoms with E-state index in [1.54, 1.807) is 0 Å². The maximum Gasteiger partial charge on any atom is 0.0951 e. The molecular formula is C16H29N3. The summed E-state index contributed by atoms with van der Waals surface area (Å²) < 4.78 is 2.37. The van der Waals surface area contributed by atoms with E-state index in [1.807, 2.05) is 12.5 Å². The predicted octanol–water partition coefficient (Wildman–Crippen LogP) is 4.21. The Labute approximate surface area is 117 Å². The van der Waals surface area contributed by atoms with Crippen LogP contribution in [0.25, 0.3) is 0 Å². The van der Waals surface area contributed by atoms with Crippen molar-refractivity contribution in [2.75, 3.05) is 0 Å². The first-order chi connectivity index (χ1) is 9.18. The Morgan fingerprint density at radius 3 is 2.47 bits per heavy atom. The van der Waals surface area contributed by atoms with Crippen molar-refractivity contribution >= 4 is 0 Å². The molecule has 108 valence electrons. The van der Waals surface area contributed by atoms with Crippen molar-refractivity contribution in [2.24, 2.45) is 11.7 Å². The van der Waals surface area contributed by atoms with Crippen molar-refractivity contribution in [3.63, 3.8) is 0 Å². The Balaban J connectivity index is 2.08. The van der Waals surface area contributed by atoms with Gasteiger partial charge in [0.1, 0.15) is 0 Å². The minimum atomic E-state index is 0.132. The summed E-state index contributed by atoms with van der Waals surface area (Å²) in [5.41, 5.74) is 7.59. The van der Waals surface area contributed by atoms with Crippen LogP contribution in [0.15, 0.2) is 12.5 Å². The van der Waals surface area contributed by atoms with Crippen LogP contribution >= 0.6 is 0 Å². The fraction of sp³-hybridized carbons (Fsp3) is 0.812. The van der Waals surface area contributed by atoms with Crippen molar-refractivity contribution in [3.8, 4) is 0 Å². The third kappa shape index (κ3) is 4.07. The van der Waals surface area contributed by atoms with Crippen molar-refractivity contribution in [1.82, 2.24) is 9.55 Å². The maximum atomic E-state index is 6.36. The van der Waals surface area contributed by atoms with Crippen LogP contribution in [0.3, 0.4) is 0 Å². The summed E-state index contributed by atoms with van der Waals surface area (Å²) in [5.74, 6) is 0.635. The lowest BCUT2D eigenvalue weighted by atomic mass is 9.95. The lowest BCUT2D eigenvalue weighted by molar-refractivity contribution is 0.355. The summed E-state index contributed by atoms with van der Waals surface area (Å²) in [5, 5.41) is 0. The van der Waals surface area contributed by atoms with Crippen LogP contribution in [0.4, 0.5) is 0 Å². The Hall–Kier alpha value is -0.830. The first kappa shape index (κ1) is 14.6. The Morgan fingerprint density at radius 1 is 1.21 bits per heavy atom. The molecule has 0 bridgehead atoms. The van der Waals surface area contributed by atoms with Gasteiger partial charge in [0.05, 0.1) is 12.0 Å². The van der Waals surface area contributed by atoms with E-state index >= 15 is 0 Å². The standard InChI is InChI=1S/C16H29N3/c1-13(2)10-15(17)16-11-18-12-19(16)14-8-6-4-3-5-7-9-14/h11-15H,3-10,17H2,1-2H3. The molecule has 3 heteroatoms. The van der Waals surface area contributed by atoms with Crippen LogP contribution in [0.2, 0.25) is 0 Å². The number of imidazole rings is 1. The monoisotopic (exact) mass is 263 g/mol. The molecule has 1 aliphatic rings. The predicted molar refractivity (Wildman–Crippen MR) is 80.0 cm³/mol. The first-order valence-corrected chi connectivity index (χ1v) is 7.95. The average Bonchev–Trinajstić information content (AvgIpc) is 2.76. The fourth-order valence-corrected chi connectivity index (χ4v) is 3.25. The molecule has 1 heterocycles. The second-order valence-electron chi connectivity index (χ2n) is 6.46. The minimum Gasteiger partial charge on any atom is -0.330 e. The lowest BCUT2D eigenvalue weighted by Gasteiger charge is -2.25. The maximum absolute atomic E-state index is 6.36. The van der Waals surface area contributed by atoms with Gasteiger partial charge in [-0.05, 0) is 25.2 Å². The van der Waals surface area contributed by atoms with E-state index in [4.69, 9.17) is 5.73 Å². The molecule has 0 saturated heterocycles. The summed E-state index contributed by atoms with van der Waals surface area (Å²) >= 11 is 0. The molecule has 1 aliphatic carbocycles. The van der Waals surface area contributed by atoms with Crippen molar-refractivity contribution in [1.29, 1.82) is 0 Å². The number of nitrogens with zero attached hydrogens (tertiary/aromatic N) is 2. The van der Waals surface area contributed by atoms with Crippen LogP contribution < -0.4 is 5.73 Å². The molecule has 0 amide bonds. The molecule has 0 aromatic carbocycles. The lowest BCUT2D eigenvalue weighted by Crippen LogP contribution is -2.20. The largest absolute Gasteiger partial charge is 0.330 e. The average molecular weight is 263 g/mol. The van der Waals surface area contributed by atoms with Gasteiger partial charge in [0.15, 0.2) is 0 Å². The number of rotatable bonds is 4. The molecule has 0 aliphatic heterocycles. The van der Waals surface area contributed by atoms with Crippen LogP contribution in [0.1, 0.15) is 83.0 Å². The topological polar surface area (TPSA) is 43.8 Å². The highest BCUT2D eigenvalue weighted by molar-refractivity contribution is 5.06. The van der Waals surface area contributed by atoms with Crippen molar-refractivity contribution < 1.29 is 0 Å². The van der Waals surface area contributed by atoms with Crippen LogP contribution in [-0.4, -0.2) is 9.55 Å². The zero-order chi connectivity index (χ0) is 13.7. The van der Waals surface area contributed by atoms with Gasteiger partial charge in [0.25, 0.3) is 0 Å². The summed E-state index contributed by atoms with van der Waals surface area (Å²) in [6, 6.07) is 0.754. The highest BCUT2D eigenvalue weighted by Gasteiger charge is 2.19. The number of hydrogen-bond donors (Lipinski definition) is 1. The van der Waals surface area contributed by atoms with Crippen molar-refractivity contribution in [3.05, 3.63) is 18.2 Å². The second-order valence-corrected chi connectivity index (χ2v) is 6.46. The van der Waals surface area contributed by atoms with Crippen molar-refractivity contribution in [2.45, 2.75) is 77.3 Å². The number of aromatic nitrogens is 2. The minimum absolute atomic E-state index is 0.132. The van der Waals surface area contributed by atoms with Crippen LogP contribution in [-0.2, 0) is 0 Å². The van der Waals surface area contributed by atoms with Gasteiger partial charge in [-0.15, -0.1) is 0 Å². The summed E-state index contributed by atoms with van der Waals surface area (Å²) in [6.07, 6.45) is 14.5. The van der Waals surface area contributed by atoms with E-state index in [-0.39, 0.29) is 6.04 Å². The zero-order valence-corrected chi connectivity index (χ0v) is 12.5. The summed E-state index contributed by atoms with van der Waals surface area (Å²) in [6.45, 7) is 4.47. The van der Waals surface area contributed by atoms with Gasteiger partial charge in [-0.1, -0.05) is 46.0 Å². The molecule has 1 saturated carbocycles. The Morgan fingerprint density at radius 2 is 1.84 bits per heavy atom. The molecule has 0 spiro atoms. The quantitative estimate of drug-likeness (QED) is 0.884. The first-order valence-electron chi connectivity index (χ1n) is 7.95. The fourth-order valence-electron chi connectivity index (χ4n) is 3.25.